The van der Waals surface area contributed by atoms with E-state index in [2.05, 4.69) is 15.3 Å². The summed E-state index contributed by atoms with van der Waals surface area (Å²) in [5, 5.41) is 3.18. The molecule has 0 atom stereocenters. The van der Waals surface area contributed by atoms with E-state index in [9.17, 15) is 9.18 Å². The van der Waals surface area contributed by atoms with Crippen molar-refractivity contribution < 1.29 is 13.9 Å². The number of rotatable bonds is 5. The fraction of sp³-hybridized carbons (Fsp3) is 0.273. The van der Waals surface area contributed by atoms with Crippen LogP contribution in [0.3, 0.4) is 0 Å². The highest BCUT2D eigenvalue weighted by Gasteiger charge is 2.30. The quantitative estimate of drug-likeness (QED) is 0.697. The Hall–Kier alpha value is -3.55. The zero-order valence-electron chi connectivity index (χ0n) is 17.3. The van der Waals surface area contributed by atoms with E-state index < -0.39 is 5.82 Å². The number of nitrogens with one attached hydrogen (secondary N) is 1. The second-order valence-corrected chi connectivity index (χ2v) is 7.31. The highest BCUT2D eigenvalue weighted by molar-refractivity contribution is 6.03. The lowest BCUT2D eigenvalue weighted by Crippen LogP contribution is -2.18. The van der Waals surface area contributed by atoms with Crippen LogP contribution in [0.25, 0.3) is 0 Å². The molecule has 2 aromatic heterocycles. The Kier molecular flexibility index (Phi) is 5.07. The molecule has 1 amide bonds. The van der Waals surface area contributed by atoms with Gasteiger partial charge in [0.2, 0.25) is 0 Å². The van der Waals surface area contributed by atoms with Gasteiger partial charge < -0.3 is 15.0 Å². The van der Waals surface area contributed by atoms with Crippen molar-refractivity contribution in [3.63, 3.8) is 0 Å². The Morgan fingerprint density at radius 1 is 1.13 bits per heavy atom. The van der Waals surface area contributed by atoms with Crippen LogP contribution >= 0.6 is 0 Å². The molecule has 1 aliphatic rings. The summed E-state index contributed by atoms with van der Waals surface area (Å²) in [5.74, 6) is 0.175. The van der Waals surface area contributed by atoms with Crippen molar-refractivity contribution in [1.82, 2.24) is 19.9 Å². The molecule has 30 heavy (non-hydrogen) atoms. The Morgan fingerprint density at radius 3 is 2.63 bits per heavy atom. The number of aryl methyl sites for hydroxylation is 2. The SMILES string of the molecule is COc1c(F)cccc1Nc1cc(Cc2cc(C)nc(C)n2)nc2c1C(=O)N(C)C2. The fourth-order valence-electron chi connectivity index (χ4n) is 3.71. The number of carbonyl (C=O) groups excluding carboxylic acids is 1. The summed E-state index contributed by atoms with van der Waals surface area (Å²) in [6.07, 6.45) is 0.490. The molecule has 0 radical (unpaired) electrons. The van der Waals surface area contributed by atoms with E-state index in [-0.39, 0.29) is 11.7 Å². The topological polar surface area (TPSA) is 80.2 Å². The first-order valence-electron chi connectivity index (χ1n) is 9.54. The van der Waals surface area contributed by atoms with Gasteiger partial charge in [0.1, 0.15) is 5.82 Å². The molecule has 7 nitrogen and oxygen atoms in total. The lowest BCUT2D eigenvalue weighted by molar-refractivity contribution is 0.0817. The minimum absolute atomic E-state index is 0.0884. The lowest BCUT2D eigenvalue weighted by atomic mass is 10.1. The predicted molar refractivity (Wildman–Crippen MR) is 111 cm³/mol. The number of fused-ring (bicyclic) bond motifs is 1. The molecule has 3 aromatic rings. The molecule has 0 fully saturated rings. The smallest absolute Gasteiger partial charge is 0.257 e. The zero-order chi connectivity index (χ0) is 21.4. The van der Waals surface area contributed by atoms with Crippen LogP contribution in [0, 0.1) is 19.7 Å². The van der Waals surface area contributed by atoms with E-state index in [0.29, 0.717) is 41.4 Å². The first-order chi connectivity index (χ1) is 14.4. The molecule has 154 valence electrons. The molecule has 1 N–H and O–H groups in total. The van der Waals surface area contributed by atoms with Crippen LogP contribution in [-0.4, -0.2) is 39.9 Å². The summed E-state index contributed by atoms with van der Waals surface area (Å²) in [6.45, 7) is 4.19. The molecular weight excluding hydrogens is 385 g/mol. The maximum atomic E-state index is 14.1. The Labute approximate surface area is 174 Å². The number of benzene rings is 1. The second-order valence-electron chi connectivity index (χ2n) is 7.31. The average molecular weight is 407 g/mol. The molecule has 1 aliphatic heterocycles. The molecule has 0 saturated carbocycles. The summed E-state index contributed by atoms with van der Waals surface area (Å²) < 4.78 is 19.3. The van der Waals surface area contributed by atoms with Crippen LogP contribution in [0.4, 0.5) is 15.8 Å². The maximum absolute atomic E-state index is 14.1. The Morgan fingerprint density at radius 2 is 1.90 bits per heavy atom. The van der Waals surface area contributed by atoms with E-state index >= 15 is 0 Å². The number of methoxy groups -OCH3 is 1. The fourth-order valence-corrected chi connectivity index (χ4v) is 3.71. The Bertz CT molecular complexity index is 1130. The van der Waals surface area contributed by atoms with E-state index in [1.165, 1.54) is 13.2 Å². The number of para-hydroxylation sites is 1. The molecule has 0 bridgehead atoms. The van der Waals surface area contributed by atoms with Gasteiger partial charge in [-0.1, -0.05) is 6.07 Å². The Balaban J connectivity index is 1.78. The van der Waals surface area contributed by atoms with E-state index in [0.717, 1.165) is 17.1 Å². The minimum atomic E-state index is -0.483. The molecular formula is C22H22FN5O2. The second kappa shape index (κ2) is 7.70. The summed E-state index contributed by atoms with van der Waals surface area (Å²) >= 11 is 0. The number of carbonyl (C=O) groups is 1. The number of ether oxygens (including phenoxy) is 1. The van der Waals surface area contributed by atoms with Crippen molar-refractivity contribution >= 4 is 17.3 Å². The minimum Gasteiger partial charge on any atom is -0.492 e. The highest BCUT2D eigenvalue weighted by atomic mass is 19.1. The van der Waals surface area contributed by atoms with Crippen LogP contribution in [0.2, 0.25) is 0 Å². The van der Waals surface area contributed by atoms with Gasteiger partial charge in [-0.15, -0.1) is 0 Å². The number of anilines is 2. The van der Waals surface area contributed by atoms with Crippen LogP contribution in [0.5, 0.6) is 5.75 Å². The van der Waals surface area contributed by atoms with Gasteiger partial charge in [0, 0.05) is 24.9 Å². The van der Waals surface area contributed by atoms with Crippen molar-refractivity contribution in [2.45, 2.75) is 26.8 Å². The number of halogens is 1. The third kappa shape index (κ3) is 3.68. The van der Waals surface area contributed by atoms with Gasteiger partial charge in [-0.2, -0.15) is 0 Å². The number of aromatic nitrogens is 3. The first kappa shape index (κ1) is 19.8. The highest BCUT2D eigenvalue weighted by Crippen LogP contribution is 2.35. The van der Waals surface area contributed by atoms with Gasteiger partial charge in [0.15, 0.2) is 11.6 Å². The van der Waals surface area contributed by atoms with Crippen molar-refractivity contribution in [2.75, 3.05) is 19.5 Å². The van der Waals surface area contributed by atoms with Gasteiger partial charge >= 0.3 is 0 Å². The average Bonchev–Trinajstić information content (AvgIpc) is 2.95. The number of nitrogens with zero attached hydrogens (tertiary/aromatic N) is 4. The molecule has 3 heterocycles. The number of amides is 1. The van der Waals surface area contributed by atoms with E-state index in [1.807, 2.05) is 26.0 Å². The molecule has 1 aromatic carbocycles. The van der Waals surface area contributed by atoms with Gasteiger partial charge in [-0.05, 0) is 38.1 Å². The molecule has 8 heteroatoms. The summed E-state index contributed by atoms with van der Waals surface area (Å²) in [5.41, 5.74) is 4.66. The summed E-state index contributed by atoms with van der Waals surface area (Å²) in [7, 11) is 3.14. The maximum Gasteiger partial charge on any atom is 0.257 e. The molecule has 4 rings (SSSR count). The van der Waals surface area contributed by atoms with Crippen molar-refractivity contribution in [2.24, 2.45) is 0 Å². The van der Waals surface area contributed by atoms with Gasteiger partial charge in [0.05, 0.1) is 42.0 Å². The standard InChI is InChI=1S/C22H22FN5O2/c1-12-8-14(25-13(2)24-12)9-15-10-18(20-19(26-15)11-28(3)22(20)29)27-17-7-5-6-16(23)21(17)30-4/h5-8,10H,9,11H2,1-4H3,(H,26,27). The number of pyridine rings is 1. The first-order valence-corrected chi connectivity index (χ1v) is 9.54. The van der Waals surface area contributed by atoms with Crippen LogP contribution in [0.15, 0.2) is 30.3 Å². The van der Waals surface area contributed by atoms with Crippen LogP contribution < -0.4 is 10.1 Å². The van der Waals surface area contributed by atoms with Crippen molar-refractivity contribution in [3.05, 3.63) is 70.3 Å². The number of hydrogen-bond donors (Lipinski definition) is 1. The molecule has 0 unspecified atom stereocenters. The van der Waals surface area contributed by atoms with Crippen molar-refractivity contribution in [1.29, 1.82) is 0 Å². The van der Waals surface area contributed by atoms with Crippen molar-refractivity contribution in [3.8, 4) is 5.75 Å². The summed E-state index contributed by atoms with van der Waals surface area (Å²) in [6, 6.07) is 8.34. The third-order valence-corrected chi connectivity index (χ3v) is 4.92. The predicted octanol–water partition coefficient (Wildman–Crippen LogP) is 3.56. The van der Waals surface area contributed by atoms with Gasteiger partial charge in [0.25, 0.3) is 5.91 Å². The van der Waals surface area contributed by atoms with E-state index in [1.54, 1.807) is 24.1 Å². The van der Waals surface area contributed by atoms with Crippen LogP contribution in [0.1, 0.15) is 39.0 Å². The molecule has 0 saturated heterocycles. The van der Waals surface area contributed by atoms with E-state index in [4.69, 9.17) is 9.72 Å². The zero-order valence-corrected chi connectivity index (χ0v) is 17.3. The lowest BCUT2D eigenvalue weighted by Gasteiger charge is -2.15. The monoisotopic (exact) mass is 407 g/mol. The molecule has 0 aliphatic carbocycles. The summed E-state index contributed by atoms with van der Waals surface area (Å²) in [4.78, 5) is 27.8. The largest absolute Gasteiger partial charge is 0.492 e. The van der Waals surface area contributed by atoms with Gasteiger partial charge in [-0.3, -0.25) is 9.78 Å². The number of hydrogen-bond acceptors (Lipinski definition) is 6. The molecule has 0 spiro atoms. The third-order valence-electron chi connectivity index (χ3n) is 4.92. The van der Waals surface area contributed by atoms with Crippen LogP contribution in [-0.2, 0) is 13.0 Å². The van der Waals surface area contributed by atoms with Gasteiger partial charge in [-0.25, -0.2) is 14.4 Å². The normalized spacial score (nSPS) is 12.8.